The highest BCUT2D eigenvalue weighted by Gasteiger charge is 1.99. The van der Waals surface area contributed by atoms with E-state index in [0.717, 1.165) is 0 Å². The van der Waals surface area contributed by atoms with Crippen LogP contribution in [-0.2, 0) is 9.59 Å². The molecule has 0 aromatic carbocycles. The zero-order valence-corrected chi connectivity index (χ0v) is 8.99. The molecule has 0 aliphatic rings. The molecule has 0 fully saturated rings. The number of unbranched alkanes of at least 4 members (excludes halogenated alkanes) is 1. The van der Waals surface area contributed by atoms with E-state index in [2.05, 4.69) is 0 Å². The second-order valence-corrected chi connectivity index (χ2v) is 3.34. The average Bonchev–Trinajstić information content (AvgIpc) is 1.96. The highest BCUT2D eigenvalue weighted by Crippen LogP contribution is 1.98. The summed E-state index contributed by atoms with van der Waals surface area (Å²) in [5, 5.41) is 16.3. The second-order valence-electron chi connectivity index (χ2n) is 3.34. The molecule has 0 aromatic heterocycles. The lowest BCUT2D eigenvalue weighted by atomic mass is 10.2. The predicted octanol–water partition coefficient (Wildman–Crippen LogP) is 0.894. The zero-order chi connectivity index (χ0) is 11.6. The summed E-state index contributed by atoms with van der Waals surface area (Å²) in [5.41, 5.74) is 0. The fourth-order valence-corrected chi connectivity index (χ4v) is 0.552. The molecule has 0 bridgehead atoms. The van der Waals surface area contributed by atoms with Crippen LogP contribution in [0.3, 0.4) is 0 Å². The third kappa shape index (κ3) is 30.7. The molecule has 14 heavy (non-hydrogen) atoms. The Bertz CT molecular complexity index is 149. The quantitative estimate of drug-likeness (QED) is 0.652. The van der Waals surface area contributed by atoms with Crippen LogP contribution in [0.15, 0.2) is 0 Å². The van der Waals surface area contributed by atoms with E-state index in [-0.39, 0.29) is 12.8 Å². The number of hydrogen-bond donors (Lipinski definition) is 2. The van der Waals surface area contributed by atoms with Crippen LogP contribution in [0, 0.1) is 0 Å². The largest absolute Gasteiger partial charge is 0.481 e. The normalized spacial score (nSPS) is 9.14. The van der Waals surface area contributed by atoms with Crippen molar-refractivity contribution < 1.29 is 19.8 Å². The lowest BCUT2D eigenvalue weighted by Gasteiger charge is -1.92. The summed E-state index contributed by atoms with van der Waals surface area (Å²) in [6.45, 7) is 0. The van der Waals surface area contributed by atoms with Crippen molar-refractivity contribution in [1.82, 2.24) is 4.90 Å². The Morgan fingerprint density at radius 3 is 1.29 bits per heavy atom. The number of rotatable bonds is 5. The highest BCUT2D eigenvalue weighted by molar-refractivity contribution is 5.67. The van der Waals surface area contributed by atoms with Gasteiger partial charge in [-0.25, -0.2) is 0 Å². The van der Waals surface area contributed by atoms with E-state index in [0.29, 0.717) is 12.8 Å². The van der Waals surface area contributed by atoms with Crippen LogP contribution in [0.2, 0.25) is 0 Å². The molecule has 5 heteroatoms. The summed E-state index contributed by atoms with van der Waals surface area (Å²) in [4.78, 5) is 21.8. The first-order valence-corrected chi connectivity index (χ1v) is 4.40. The van der Waals surface area contributed by atoms with Gasteiger partial charge in [0, 0.05) is 12.8 Å². The maximum atomic E-state index is 9.90. The topological polar surface area (TPSA) is 77.8 Å². The van der Waals surface area contributed by atoms with E-state index >= 15 is 0 Å². The van der Waals surface area contributed by atoms with Gasteiger partial charge in [-0.2, -0.15) is 0 Å². The molecule has 0 aliphatic carbocycles. The molecule has 0 saturated carbocycles. The molecule has 0 heterocycles. The molecule has 0 amide bonds. The van der Waals surface area contributed by atoms with E-state index in [4.69, 9.17) is 10.2 Å². The first-order chi connectivity index (χ1) is 6.36. The average molecular weight is 205 g/mol. The molecule has 0 aromatic rings. The molecule has 0 aliphatic heterocycles. The van der Waals surface area contributed by atoms with Crippen molar-refractivity contribution >= 4 is 11.9 Å². The van der Waals surface area contributed by atoms with Gasteiger partial charge in [0.05, 0.1) is 0 Å². The van der Waals surface area contributed by atoms with Crippen LogP contribution in [0.1, 0.15) is 25.7 Å². The van der Waals surface area contributed by atoms with Gasteiger partial charge < -0.3 is 15.1 Å². The molecule has 0 saturated heterocycles. The number of nitrogens with zero attached hydrogens (tertiary/aromatic N) is 1. The summed E-state index contributed by atoms with van der Waals surface area (Å²) in [6, 6.07) is 0. The van der Waals surface area contributed by atoms with Gasteiger partial charge in [0.1, 0.15) is 0 Å². The molecule has 0 radical (unpaired) electrons. The lowest BCUT2D eigenvalue weighted by molar-refractivity contribution is -0.139. The summed E-state index contributed by atoms with van der Waals surface area (Å²) < 4.78 is 0. The number of aliphatic carboxylic acids is 2. The summed E-state index contributed by atoms with van der Waals surface area (Å²) >= 11 is 0. The number of carbonyl (C=O) groups is 2. The zero-order valence-electron chi connectivity index (χ0n) is 8.99. The third-order valence-corrected chi connectivity index (χ3v) is 1.03. The Hall–Kier alpha value is -1.10. The first kappa shape index (κ1) is 15.4. The second kappa shape index (κ2) is 9.98. The predicted molar refractivity (Wildman–Crippen MR) is 53.4 cm³/mol. The lowest BCUT2D eigenvalue weighted by Crippen LogP contribution is -1.99. The summed E-state index contributed by atoms with van der Waals surface area (Å²) in [5.74, 6) is -1.74. The minimum atomic E-state index is -0.870. The van der Waals surface area contributed by atoms with E-state index in [1.54, 1.807) is 0 Å². The molecule has 5 nitrogen and oxygen atoms in total. The fourth-order valence-electron chi connectivity index (χ4n) is 0.552. The summed E-state index contributed by atoms with van der Waals surface area (Å²) in [6.07, 6.45) is 1.02. The van der Waals surface area contributed by atoms with Gasteiger partial charge >= 0.3 is 11.9 Å². The van der Waals surface area contributed by atoms with Gasteiger partial charge in [0.25, 0.3) is 0 Å². The number of carboxylic acid groups (broad SMARTS) is 2. The van der Waals surface area contributed by atoms with Crippen molar-refractivity contribution in [3.05, 3.63) is 0 Å². The van der Waals surface area contributed by atoms with Gasteiger partial charge in [-0.1, -0.05) is 0 Å². The van der Waals surface area contributed by atoms with Crippen molar-refractivity contribution in [2.45, 2.75) is 25.7 Å². The van der Waals surface area contributed by atoms with E-state index < -0.39 is 11.9 Å². The molecule has 84 valence electrons. The van der Waals surface area contributed by atoms with Crippen molar-refractivity contribution in [3.8, 4) is 0 Å². The Balaban J connectivity index is 0. The van der Waals surface area contributed by atoms with E-state index in [9.17, 15) is 9.59 Å². The SMILES string of the molecule is CN(C)C.O=C(O)CCCCC(=O)O. The molecule has 2 N–H and O–H groups in total. The first-order valence-electron chi connectivity index (χ1n) is 4.40. The van der Waals surface area contributed by atoms with Crippen LogP contribution >= 0.6 is 0 Å². The maximum absolute atomic E-state index is 9.90. The molecular weight excluding hydrogens is 186 g/mol. The summed E-state index contributed by atoms with van der Waals surface area (Å²) in [7, 11) is 6.00. The van der Waals surface area contributed by atoms with Gasteiger partial charge in [-0.15, -0.1) is 0 Å². The van der Waals surface area contributed by atoms with Gasteiger partial charge in [0.15, 0.2) is 0 Å². The smallest absolute Gasteiger partial charge is 0.303 e. The number of hydrogen-bond acceptors (Lipinski definition) is 3. The van der Waals surface area contributed by atoms with E-state index in [1.807, 2.05) is 26.0 Å². The van der Waals surface area contributed by atoms with Crippen molar-refractivity contribution in [3.63, 3.8) is 0 Å². The van der Waals surface area contributed by atoms with Crippen molar-refractivity contribution in [1.29, 1.82) is 0 Å². The van der Waals surface area contributed by atoms with Crippen LogP contribution in [0.4, 0.5) is 0 Å². The Morgan fingerprint density at radius 1 is 0.929 bits per heavy atom. The Labute approximate surface area is 84.3 Å². The maximum Gasteiger partial charge on any atom is 0.303 e. The molecule has 0 atom stereocenters. The van der Waals surface area contributed by atoms with Crippen LogP contribution in [-0.4, -0.2) is 48.2 Å². The Morgan fingerprint density at radius 2 is 1.14 bits per heavy atom. The Kier molecular flexibility index (Phi) is 11.0. The standard InChI is InChI=1S/C6H10O4.C3H9N/c7-5(8)3-1-2-4-6(9)10;1-4(2)3/h1-4H2,(H,7,8)(H,9,10);1-3H3. The molecule has 0 spiro atoms. The molecular formula is C9H19NO4. The number of carboxylic acids is 2. The molecule has 0 rings (SSSR count). The molecule has 0 unspecified atom stereocenters. The van der Waals surface area contributed by atoms with Gasteiger partial charge in [-0.3, -0.25) is 9.59 Å². The van der Waals surface area contributed by atoms with Gasteiger partial charge in [-0.05, 0) is 34.0 Å². The van der Waals surface area contributed by atoms with Gasteiger partial charge in [0.2, 0.25) is 0 Å². The monoisotopic (exact) mass is 205 g/mol. The van der Waals surface area contributed by atoms with Crippen LogP contribution in [0.25, 0.3) is 0 Å². The minimum absolute atomic E-state index is 0.0628. The van der Waals surface area contributed by atoms with Crippen molar-refractivity contribution in [2.75, 3.05) is 21.1 Å². The minimum Gasteiger partial charge on any atom is -0.481 e. The fraction of sp³-hybridized carbons (Fsp3) is 0.778. The van der Waals surface area contributed by atoms with Crippen LogP contribution in [0.5, 0.6) is 0 Å². The van der Waals surface area contributed by atoms with Crippen LogP contribution < -0.4 is 0 Å². The third-order valence-electron chi connectivity index (χ3n) is 1.03. The van der Waals surface area contributed by atoms with Crippen molar-refractivity contribution in [2.24, 2.45) is 0 Å². The van der Waals surface area contributed by atoms with E-state index in [1.165, 1.54) is 0 Å². The highest BCUT2D eigenvalue weighted by atomic mass is 16.4.